The molecule has 130 valence electrons. The Morgan fingerprint density at radius 1 is 0.778 bits per heavy atom. The predicted molar refractivity (Wildman–Crippen MR) is 112 cm³/mol. The van der Waals surface area contributed by atoms with Crippen LogP contribution in [-0.2, 0) is 0 Å². The number of benzene rings is 3. The van der Waals surface area contributed by atoms with Crippen LogP contribution in [0, 0.1) is 0 Å². The van der Waals surface area contributed by atoms with E-state index in [2.05, 4.69) is 9.97 Å². The summed E-state index contributed by atoms with van der Waals surface area (Å²) in [5.41, 5.74) is 4.35. The van der Waals surface area contributed by atoms with Crippen LogP contribution < -0.4 is 0 Å². The van der Waals surface area contributed by atoms with Crippen molar-refractivity contribution in [2.75, 3.05) is 0 Å². The van der Waals surface area contributed by atoms with Gasteiger partial charge in [-0.2, -0.15) is 0 Å². The molecule has 2 aromatic heterocycles. The Kier molecular flexibility index (Phi) is 3.85. The normalized spacial score (nSPS) is 11.3. The number of rotatable bonds is 2. The molecule has 0 saturated carbocycles. The molecule has 2 heterocycles. The molecule has 1 N–H and O–H groups in total. The first-order valence-corrected chi connectivity index (χ1v) is 9.25. The third-order valence-electron chi connectivity index (χ3n) is 4.63. The highest BCUT2D eigenvalue weighted by atomic mass is 35.5. The van der Waals surface area contributed by atoms with Crippen LogP contribution in [0.25, 0.3) is 44.5 Å². The highest BCUT2D eigenvalue weighted by Gasteiger charge is 2.19. The molecule has 0 aliphatic rings. The number of nitrogens with one attached hydrogen (secondary N) is 1. The molecule has 0 radical (unpaired) electrons. The summed E-state index contributed by atoms with van der Waals surface area (Å²) in [6, 6.07) is 21.5. The van der Waals surface area contributed by atoms with Gasteiger partial charge in [0.05, 0.1) is 21.7 Å². The summed E-state index contributed by atoms with van der Waals surface area (Å²) in [5, 5.41) is 3.19. The van der Waals surface area contributed by atoms with E-state index in [0.29, 0.717) is 15.7 Å². The van der Waals surface area contributed by atoms with E-state index in [9.17, 15) is 0 Å². The fraction of sp³-hybridized carbons (Fsp3) is 0. The molecule has 0 aliphatic carbocycles. The van der Waals surface area contributed by atoms with E-state index < -0.39 is 0 Å². The van der Waals surface area contributed by atoms with Crippen molar-refractivity contribution in [1.82, 2.24) is 15.0 Å². The zero-order valence-corrected chi connectivity index (χ0v) is 15.6. The van der Waals surface area contributed by atoms with Crippen LogP contribution in [0.15, 0.2) is 72.9 Å². The van der Waals surface area contributed by atoms with Crippen molar-refractivity contribution in [3.05, 3.63) is 83.0 Å². The third kappa shape index (κ3) is 2.67. The standard InChI is InChI=1S/C22H13Cl2N3/c23-16-8-5-11-25-21(16)15-12-17(24)13-6-1-2-7-14(13)20(15)22-26-18-9-3-4-10-19(18)27-22/h1-12H,(H,26,27). The Hall–Kier alpha value is -2.88. The summed E-state index contributed by atoms with van der Waals surface area (Å²) >= 11 is 13.1. The average Bonchev–Trinajstić information content (AvgIpc) is 3.12. The third-order valence-corrected chi connectivity index (χ3v) is 5.25. The number of halogens is 2. The molecule has 0 aliphatic heterocycles. The minimum Gasteiger partial charge on any atom is -0.338 e. The van der Waals surface area contributed by atoms with Crippen LogP contribution in [0.2, 0.25) is 10.0 Å². The SMILES string of the molecule is Clc1cccnc1-c1cc(Cl)c2ccccc2c1-c1nc2ccccc2[nH]1. The Labute approximate surface area is 165 Å². The van der Waals surface area contributed by atoms with Crippen LogP contribution >= 0.6 is 23.2 Å². The largest absolute Gasteiger partial charge is 0.338 e. The minimum atomic E-state index is 0.571. The van der Waals surface area contributed by atoms with Crippen LogP contribution in [0.1, 0.15) is 0 Å². The van der Waals surface area contributed by atoms with Gasteiger partial charge in [0.15, 0.2) is 0 Å². The highest BCUT2D eigenvalue weighted by molar-refractivity contribution is 6.37. The molecule has 0 amide bonds. The Bertz CT molecular complexity index is 1270. The molecule has 5 aromatic rings. The molecule has 27 heavy (non-hydrogen) atoms. The second-order valence-corrected chi connectivity index (χ2v) is 7.08. The van der Waals surface area contributed by atoms with Gasteiger partial charge >= 0.3 is 0 Å². The molecule has 0 saturated heterocycles. The molecule has 0 unspecified atom stereocenters. The number of hydrogen-bond donors (Lipinski definition) is 1. The molecule has 3 nitrogen and oxygen atoms in total. The first-order valence-electron chi connectivity index (χ1n) is 8.49. The molecule has 0 spiro atoms. The topological polar surface area (TPSA) is 41.6 Å². The number of nitrogens with zero attached hydrogens (tertiary/aromatic N) is 2. The van der Waals surface area contributed by atoms with E-state index in [1.54, 1.807) is 6.20 Å². The Morgan fingerprint density at radius 2 is 1.56 bits per heavy atom. The van der Waals surface area contributed by atoms with E-state index in [1.165, 1.54) is 0 Å². The maximum atomic E-state index is 6.60. The number of imidazole rings is 1. The van der Waals surface area contributed by atoms with Crippen LogP contribution in [0.5, 0.6) is 0 Å². The zero-order valence-electron chi connectivity index (χ0n) is 14.1. The lowest BCUT2D eigenvalue weighted by molar-refractivity contribution is 1.31. The summed E-state index contributed by atoms with van der Waals surface area (Å²) < 4.78 is 0. The van der Waals surface area contributed by atoms with Crippen molar-refractivity contribution in [1.29, 1.82) is 0 Å². The maximum Gasteiger partial charge on any atom is 0.139 e. The monoisotopic (exact) mass is 389 g/mol. The first kappa shape index (κ1) is 16.3. The number of aromatic nitrogens is 3. The number of aromatic amines is 1. The van der Waals surface area contributed by atoms with Crippen molar-refractivity contribution in [2.24, 2.45) is 0 Å². The second-order valence-electron chi connectivity index (χ2n) is 6.26. The van der Waals surface area contributed by atoms with Crippen molar-refractivity contribution in [3.8, 4) is 22.6 Å². The maximum absolute atomic E-state index is 6.60. The summed E-state index contributed by atoms with van der Waals surface area (Å²) in [7, 11) is 0. The minimum absolute atomic E-state index is 0.571. The van der Waals surface area contributed by atoms with Crippen LogP contribution in [-0.4, -0.2) is 15.0 Å². The van der Waals surface area contributed by atoms with Gasteiger partial charge in [-0.05, 0) is 35.7 Å². The molecule has 0 fully saturated rings. The van der Waals surface area contributed by atoms with Gasteiger partial charge in [-0.1, -0.05) is 59.6 Å². The van der Waals surface area contributed by atoms with Crippen LogP contribution in [0.3, 0.4) is 0 Å². The zero-order chi connectivity index (χ0) is 18.4. The number of H-pyrrole nitrogens is 1. The number of para-hydroxylation sites is 2. The molecule has 0 atom stereocenters. The molecule has 3 aromatic carbocycles. The second kappa shape index (κ2) is 6.38. The van der Waals surface area contributed by atoms with E-state index >= 15 is 0 Å². The Morgan fingerprint density at radius 3 is 2.37 bits per heavy atom. The lowest BCUT2D eigenvalue weighted by Gasteiger charge is -2.13. The quantitative estimate of drug-likeness (QED) is 0.362. The van der Waals surface area contributed by atoms with Gasteiger partial charge in [-0.3, -0.25) is 4.98 Å². The van der Waals surface area contributed by atoms with Crippen molar-refractivity contribution >= 4 is 45.0 Å². The van der Waals surface area contributed by atoms with Crippen molar-refractivity contribution < 1.29 is 0 Å². The van der Waals surface area contributed by atoms with Gasteiger partial charge in [0.1, 0.15) is 5.82 Å². The fourth-order valence-corrected chi connectivity index (χ4v) is 3.93. The fourth-order valence-electron chi connectivity index (χ4n) is 3.43. The van der Waals surface area contributed by atoms with Gasteiger partial charge < -0.3 is 4.98 Å². The van der Waals surface area contributed by atoms with Crippen LogP contribution in [0.4, 0.5) is 0 Å². The summed E-state index contributed by atoms with van der Waals surface area (Å²) in [5.74, 6) is 0.765. The molecule has 5 rings (SSSR count). The molecule has 0 bridgehead atoms. The first-order chi connectivity index (χ1) is 13.2. The Balaban J connectivity index is 1.92. The van der Waals surface area contributed by atoms with Gasteiger partial charge in [0.25, 0.3) is 0 Å². The summed E-state index contributed by atoms with van der Waals surface area (Å²) in [4.78, 5) is 12.7. The predicted octanol–water partition coefficient (Wildman–Crippen LogP) is 6.75. The van der Waals surface area contributed by atoms with Crippen molar-refractivity contribution in [3.63, 3.8) is 0 Å². The highest BCUT2D eigenvalue weighted by Crippen LogP contribution is 2.42. The molecule has 5 heteroatoms. The van der Waals surface area contributed by atoms with Crippen molar-refractivity contribution in [2.45, 2.75) is 0 Å². The van der Waals surface area contributed by atoms with E-state index in [0.717, 1.165) is 38.8 Å². The number of pyridine rings is 1. The van der Waals surface area contributed by atoms with Gasteiger partial charge in [0.2, 0.25) is 0 Å². The lowest BCUT2D eigenvalue weighted by atomic mass is 9.96. The number of fused-ring (bicyclic) bond motifs is 2. The average molecular weight is 390 g/mol. The van der Waals surface area contributed by atoms with Gasteiger partial charge in [-0.15, -0.1) is 0 Å². The van der Waals surface area contributed by atoms with E-state index in [1.807, 2.05) is 66.7 Å². The lowest BCUT2D eigenvalue weighted by Crippen LogP contribution is -1.93. The number of hydrogen-bond acceptors (Lipinski definition) is 2. The summed E-state index contributed by atoms with van der Waals surface area (Å²) in [6.07, 6.45) is 1.73. The summed E-state index contributed by atoms with van der Waals surface area (Å²) in [6.45, 7) is 0. The van der Waals surface area contributed by atoms with Gasteiger partial charge in [0, 0.05) is 27.7 Å². The van der Waals surface area contributed by atoms with E-state index in [4.69, 9.17) is 28.2 Å². The van der Waals surface area contributed by atoms with E-state index in [-0.39, 0.29) is 0 Å². The molecular weight excluding hydrogens is 377 g/mol. The van der Waals surface area contributed by atoms with Gasteiger partial charge in [-0.25, -0.2) is 4.98 Å². The smallest absolute Gasteiger partial charge is 0.139 e. The molecular formula is C22H13Cl2N3.